The molecule has 5 rings (SSSR count). The molecule has 0 radical (unpaired) electrons. The summed E-state index contributed by atoms with van der Waals surface area (Å²) in [5.74, 6) is 0.970. The van der Waals surface area contributed by atoms with Crippen LogP contribution in [-0.4, -0.2) is 65.6 Å². The van der Waals surface area contributed by atoms with Crippen molar-refractivity contribution in [2.45, 2.75) is 24.9 Å². The summed E-state index contributed by atoms with van der Waals surface area (Å²) in [5.41, 5.74) is 1.86. The lowest BCUT2D eigenvalue weighted by Gasteiger charge is -2.48. The molecule has 1 aliphatic carbocycles. The number of H-pyrrole nitrogens is 1. The lowest BCUT2D eigenvalue weighted by Crippen LogP contribution is -2.63. The first kappa shape index (κ1) is 14.5. The number of nitrogens with one attached hydrogen (secondary N) is 1. The Kier molecular flexibility index (Phi) is 3.38. The largest absolute Gasteiger partial charge is 0.378 e. The zero-order valence-corrected chi connectivity index (χ0v) is 13.8. The van der Waals surface area contributed by atoms with E-state index in [0.717, 1.165) is 55.2 Å². The van der Waals surface area contributed by atoms with Crippen LogP contribution in [0.5, 0.6) is 0 Å². The number of piperazine rings is 1. The number of amides is 1. The fraction of sp³-hybridized carbons (Fsp3) is 0.526. The Balaban J connectivity index is 1.33. The molecule has 2 atom stereocenters. The maximum atomic E-state index is 12.9. The van der Waals surface area contributed by atoms with Crippen molar-refractivity contribution in [3.63, 3.8) is 0 Å². The first-order chi connectivity index (χ1) is 11.8. The third-order valence-electron chi connectivity index (χ3n) is 5.81. The number of hydrogen-bond donors (Lipinski definition) is 1. The van der Waals surface area contributed by atoms with E-state index in [4.69, 9.17) is 4.74 Å². The number of aromatic nitrogens is 1. The molecule has 24 heavy (non-hydrogen) atoms. The minimum atomic E-state index is 0.145. The number of rotatable bonds is 2. The second-order valence-corrected chi connectivity index (χ2v) is 7.36. The van der Waals surface area contributed by atoms with Crippen molar-refractivity contribution in [2.24, 2.45) is 5.92 Å². The zero-order valence-electron chi connectivity index (χ0n) is 13.8. The molecular weight excluding hydrogens is 302 g/mol. The summed E-state index contributed by atoms with van der Waals surface area (Å²) in [6.07, 6.45) is 4.60. The van der Waals surface area contributed by atoms with E-state index in [1.807, 2.05) is 35.4 Å². The van der Waals surface area contributed by atoms with Crippen LogP contribution in [0.1, 0.15) is 23.2 Å². The van der Waals surface area contributed by atoms with Crippen molar-refractivity contribution < 1.29 is 9.53 Å². The minimum absolute atomic E-state index is 0.145. The fourth-order valence-electron chi connectivity index (χ4n) is 4.32. The van der Waals surface area contributed by atoms with Gasteiger partial charge in [-0.1, -0.05) is 0 Å². The Labute approximate surface area is 141 Å². The van der Waals surface area contributed by atoms with Gasteiger partial charge in [0.15, 0.2) is 0 Å². The molecule has 3 fully saturated rings. The number of ether oxygens (including phenoxy) is 1. The Morgan fingerprint density at radius 2 is 2.08 bits per heavy atom. The van der Waals surface area contributed by atoms with Crippen LogP contribution in [0, 0.1) is 5.92 Å². The standard InChI is InChI=1S/C19H23N3O2/c23-19(15-3-4-17-14(9-15)5-6-20-17)21-7-8-22-16(10-21)11-24-12-18(22)13-1-2-13/h3-6,9,13,16,18,20H,1-2,7-8,10-12H2/t16-,18-/m1/s1. The fourth-order valence-corrected chi connectivity index (χ4v) is 4.32. The van der Waals surface area contributed by atoms with Crippen LogP contribution in [-0.2, 0) is 4.74 Å². The minimum Gasteiger partial charge on any atom is -0.378 e. The van der Waals surface area contributed by atoms with Crippen LogP contribution in [0.15, 0.2) is 30.5 Å². The second-order valence-electron chi connectivity index (χ2n) is 7.36. The van der Waals surface area contributed by atoms with Gasteiger partial charge in [0, 0.05) is 48.3 Å². The van der Waals surface area contributed by atoms with Gasteiger partial charge in [0.25, 0.3) is 5.91 Å². The number of fused-ring (bicyclic) bond motifs is 2. The Bertz CT molecular complexity index is 767. The van der Waals surface area contributed by atoms with E-state index in [9.17, 15) is 4.79 Å². The van der Waals surface area contributed by atoms with E-state index < -0.39 is 0 Å². The Hall–Kier alpha value is -1.85. The summed E-state index contributed by atoms with van der Waals surface area (Å²) in [6.45, 7) is 4.22. The van der Waals surface area contributed by atoms with E-state index in [-0.39, 0.29) is 5.91 Å². The van der Waals surface area contributed by atoms with Crippen LogP contribution in [0.4, 0.5) is 0 Å². The van der Waals surface area contributed by atoms with Crippen molar-refractivity contribution in [2.75, 3.05) is 32.8 Å². The monoisotopic (exact) mass is 325 g/mol. The van der Waals surface area contributed by atoms with Crippen LogP contribution in [0.3, 0.4) is 0 Å². The molecule has 1 N–H and O–H groups in total. The van der Waals surface area contributed by atoms with Gasteiger partial charge in [-0.05, 0) is 43.0 Å². The van der Waals surface area contributed by atoms with E-state index in [0.29, 0.717) is 12.1 Å². The first-order valence-corrected chi connectivity index (χ1v) is 8.99. The number of carbonyl (C=O) groups excluding carboxylic acids is 1. The lowest BCUT2D eigenvalue weighted by molar-refractivity contribution is -0.0816. The molecule has 126 valence electrons. The van der Waals surface area contributed by atoms with Gasteiger partial charge in [-0.3, -0.25) is 9.69 Å². The zero-order chi connectivity index (χ0) is 16.1. The van der Waals surface area contributed by atoms with E-state index in [2.05, 4.69) is 9.88 Å². The van der Waals surface area contributed by atoms with Gasteiger partial charge in [-0.25, -0.2) is 0 Å². The van der Waals surface area contributed by atoms with Crippen molar-refractivity contribution in [1.82, 2.24) is 14.8 Å². The van der Waals surface area contributed by atoms with Gasteiger partial charge in [0.05, 0.1) is 19.3 Å². The lowest BCUT2D eigenvalue weighted by atomic mass is 10.0. The Morgan fingerprint density at radius 1 is 1.17 bits per heavy atom. The normalized spacial score (nSPS) is 28.1. The highest BCUT2D eigenvalue weighted by Crippen LogP contribution is 2.38. The molecule has 2 saturated heterocycles. The van der Waals surface area contributed by atoms with Crippen LogP contribution in [0.2, 0.25) is 0 Å². The first-order valence-electron chi connectivity index (χ1n) is 8.99. The molecule has 2 aromatic rings. The number of morpholine rings is 1. The van der Waals surface area contributed by atoms with Gasteiger partial charge in [-0.15, -0.1) is 0 Å². The van der Waals surface area contributed by atoms with E-state index in [1.165, 1.54) is 12.8 Å². The van der Waals surface area contributed by atoms with Gasteiger partial charge >= 0.3 is 0 Å². The highest BCUT2D eigenvalue weighted by atomic mass is 16.5. The average Bonchev–Trinajstić information content (AvgIpc) is 3.36. The number of carbonyl (C=O) groups is 1. The smallest absolute Gasteiger partial charge is 0.253 e. The average molecular weight is 325 g/mol. The summed E-state index contributed by atoms with van der Waals surface area (Å²) in [6, 6.07) is 8.86. The van der Waals surface area contributed by atoms with Crippen molar-refractivity contribution >= 4 is 16.8 Å². The number of hydrogen-bond acceptors (Lipinski definition) is 3. The molecule has 2 aliphatic heterocycles. The van der Waals surface area contributed by atoms with Gasteiger partial charge < -0.3 is 14.6 Å². The summed E-state index contributed by atoms with van der Waals surface area (Å²) in [4.78, 5) is 20.7. The molecule has 5 nitrogen and oxygen atoms in total. The van der Waals surface area contributed by atoms with Crippen LogP contribution >= 0.6 is 0 Å². The highest BCUT2D eigenvalue weighted by Gasteiger charge is 2.43. The van der Waals surface area contributed by atoms with Gasteiger partial charge in [0.2, 0.25) is 0 Å². The van der Waals surface area contributed by atoms with Crippen molar-refractivity contribution in [1.29, 1.82) is 0 Å². The molecule has 1 amide bonds. The molecule has 0 unspecified atom stereocenters. The molecule has 5 heteroatoms. The summed E-state index contributed by atoms with van der Waals surface area (Å²) in [7, 11) is 0. The third kappa shape index (κ3) is 2.43. The molecule has 1 saturated carbocycles. The highest BCUT2D eigenvalue weighted by molar-refractivity contribution is 5.98. The molecule has 1 aromatic carbocycles. The molecule has 1 aromatic heterocycles. The summed E-state index contributed by atoms with van der Waals surface area (Å²) in [5, 5.41) is 1.09. The Morgan fingerprint density at radius 3 is 2.96 bits per heavy atom. The van der Waals surface area contributed by atoms with Crippen molar-refractivity contribution in [3.8, 4) is 0 Å². The van der Waals surface area contributed by atoms with E-state index in [1.54, 1.807) is 0 Å². The molecule has 3 aliphatic rings. The predicted octanol–water partition coefficient (Wildman–Crippen LogP) is 2.10. The van der Waals surface area contributed by atoms with Crippen LogP contribution in [0.25, 0.3) is 10.9 Å². The predicted molar refractivity (Wildman–Crippen MR) is 92.0 cm³/mol. The number of aromatic amines is 1. The third-order valence-corrected chi connectivity index (χ3v) is 5.81. The van der Waals surface area contributed by atoms with Crippen molar-refractivity contribution in [3.05, 3.63) is 36.0 Å². The number of nitrogens with zero attached hydrogens (tertiary/aromatic N) is 2. The second kappa shape index (κ2) is 5.60. The molecule has 3 heterocycles. The quantitative estimate of drug-likeness (QED) is 0.920. The molecule has 0 spiro atoms. The molecular formula is C19H23N3O2. The van der Waals surface area contributed by atoms with Gasteiger partial charge in [0.1, 0.15) is 0 Å². The number of benzene rings is 1. The SMILES string of the molecule is O=C(c1ccc2[nH]ccc2c1)N1CCN2[C@@H](COC[C@@H]2C2CC2)C1. The summed E-state index contributed by atoms with van der Waals surface area (Å²) < 4.78 is 5.85. The van der Waals surface area contributed by atoms with E-state index >= 15 is 0 Å². The maximum absolute atomic E-state index is 12.9. The maximum Gasteiger partial charge on any atom is 0.253 e. The summed E-state index contributed by atoms with van der Waals surface area (Å²) >= 11 is 0. The van der Waals surface area contributed by atoms with Gasteiger partial charge in [-0.2, -0.15) is 0 Å². The topological polar surface area (TPSA) is 48.6 Å². The van der Waals surface area contributed by atoms with Crippen LogP contribution < -0.4 is 0 Å². The molecule has 0 bridgehead atoms.